The molecule has 1 aliphatic heterocycles. The first-order valence-corrected chi connectivity index (χ1v) is 7.62. The molecule has 0 aliphatic carbocycles. The quantitative estimate of drug-likeness (QED) is 0.884. The third-order valence-electron chi connectivity index (χ3n) is 3.72. The highest BCUT2D eigenvalue weighted by Gasteiger charge is 2.36. The first kappa shape index (κ1) is 16.8. The van der Waals surface area contributed by atoms with E-state index >= 15 is 0 Å². The van der Waals surface area contributed by atoms with E-state index in [0.717, 1.165) is 0 Å². The highest BCUT2D eigenvalue weighted by atomic mass is 35.5. The van der Waals surface area contributed by atoms with Gasteiger partial charge in [-0.05, 0) is 12.1 Å². The van der Waals surface area contributed by atoms with E-state index < -0.39 is 24.5 Å². The zero-order valence-electron chi connectivity index (χ0n) is 12.4. The van der Waals surface area contributed by atoms with Crippen LogP contribution >= 0.6 is 11.6 Å². The predicted octanol–water partition coefficient (Wildman–Crippen LogP) is 3.39. The van der Waals surface area contributed by atoms with E-state index in [0.29, 0.717) is 23.1 Å². The van der Waals surface area contributed by atoms with Crippen LogP contribution in [0.5, 0.6) is 0 Å². The lowest BCUT2D eigenvalue weighted by atomic mass is 10.1. The molecule has 1 amide bonds. The molecule has 128 valence electrons. The van der Waals surface area contributed by atoms with Crippen molar-refractivity contribution in [1.29, 1.82) is 0 Å². The van der Waals surface area contributed by atoms with Gasteiger partial charge >= 0.3 is 6.18 Å². The van der Waals surface area contributed by atoms with Crippen LogP contribution in [-0.2, 0) is 6.54 Å². The minimum Gasteiger partial charge on any atom is -0.319 e. The van der Waals surface area contributed by atoms with Crippen LogP contribution in [0.3, 0.4) is 0 Å². The number of alkyl halides is 3. The van der Waals surface area contributed by atoms with Crippen molar-refractivity contribution < 1.29 is 18.0 Å². The maximum atomic E-state index is 12.8. The third-order valence-corrected chi connectivity index (χ3v) is 4.05. The third kappa shape index (κ3) is 3.54. The molecular formula is C15H14ClF3N4O. The normalized spacial score (nSPS) is 17.4. The van der Waals surface area contributed by atoms with E-state index in [2.05, 4.69) is 15.6 Å². The highest BCUT2D eigenvalue weighted by molar-refractivity contribution is 6.33. The number of benzene rings is 1. The van der Waals surface area contributed by atoms with Crippen LogP contribution in [-0.4, -0.2) is 28.2 Å². The Labute approximate surface area is 140 Å². The van der Waals surface area contributed by atoms with Crippen molar-refractivity contribution in [3.8, 4) is 0 Å². The van der Waals surface area contributed by atoms with Crippen LogP contribution < -0.4 is 10.6 Å². The smallest absolute Gasteiger partial charge is 0.319 e. The van der Waals surface area contributed by atoms with Gasteiger partial charge in [-0.25, -0.2) is 4.98 Å². The van der Waals surface area contributed by atoms with Crippen molar-refractivity contribution in [2.75, 3.05) is 11.9 Å². The van der Waals surface area contributed by atoms with Gasteiger partial charge in [0.15, 0.2) is 0 Å². The minimum atomic E-state index is -4.33. The number of para-hydroxylation sites is 1. The van der Waals surface area contributed by atoms with Gasteiger partial charge in [0, 0.05) is 6.54 Å². The number of nitrogens with one attached hydrogen (secondary N) is 2. The maximum absolute atomic E-state index is 12.8. The molecule has 1 aromatic carbocycles. The average Bonchev–Trinajstić information content (AvgIpc) is 2.93. The standard InChI is InChI=1S/C15H14ClF3N4O/c16-10-3-1-2-4-11(10)22-14(24)12-7-21-13-8-20-6-9(23(12)13)5-15(17,18)19/h1-4,7,9,20H,5-6,8H2,(H,22,24). The molecule has 5 nitrogen and oxygen atoms in total. The molecule has 9 heteroatoms. The van der Waals surface area contributed by atoms with E-state index in [1.165, 1.54) is 10.8 Å². The number of amides is 1. The molecule has 1 aliphatic rings. The van der Waals surface area contributed by atoms with Crippen molar-refractivity contribution >= 4 is 23.2 Å². The molecule has 3 rings (SSSR count). The molecule has 0 saturated heterocycles. The van der Waals surface area contributed by atoms with Gasteiger partial charge in [-0.15, -0.1) is 0 Å². The van der Waals surface area contributed by atoms with Crippen molar-refractivity contribution in [3.05, 3.63) is 47.0 Å². The van der Waals surface area contributed by atoms with Gasteiger partial charge in [0.2, 0.25) is 0 Å². The summed E-state index contributed by atoms with van der Waals surface area (Å²) in [6.45, 7) is 0.434. The molecule has 0 saturated carbocycles. The summed E-state index contributed by atoms with van der Waals surface area (Å²) in [4.78, 5) is 16.5. The zero-order valence-corrected chi connectivity index (χ0v) is 13.2. The number of halogens is 4. The molecule has 0 fully saturated rings. The Morgan fingerprint density at radius 3 is 2.88 bits per heavy atom. The Kier molecular flexibility index (Phi) is 4.51. The molecule has 2 heterocycles. The van der Waals surface area contributed by atoms with Gasteiger partial charge in [0.25, 0.3) is 5.91 Å². The average molecular weight is 359 g/mol. The van der Waals surface area contributed by atoms with Crippen LogP contribution in [0.1, 0.15) is 28.8 Å². The van der Waals surface area contributed by atoms with Gasteiger partial charge in [-0.3, -0.25) is 4.79 Å². The van der Waals surface area contributed by atoms with E-state index in [4.69, 9.17) is 11.6 Å². The number of carbonyl (C=O) groups excluding carboxylic acids is 1. The lowest BCUT2D eigenvalue weighted by Gasteiger charge is -2.28. The molecule has 0 radical (unpaired) electrons. The summed E-state index contributed by atoms with van der Waals surface area (Å²) in [5.74, 6) is -0.143. The topological polar surface area (TPSA) is 59.0 Å². The zero-order chi connectivity index (χ0) is 17.3. The number of aromatic nitrogens is 2. The van der Waals surface area contributed by atoms with Crippen LogP contribution in [0.4, 0.5) is 18.9 Å². The predicted molar refractivity (Wildman–Crippen MR) is 83.0 cm³/mol. The molecule has 1 atom stereocenters. The number of carbonyl (C=O) groups is 1. The number of hydrogen-bond acceptors (Lipinski definition) is 3. The van der Waals surface area contributed by atoms with Crippen LogP contribution in [0.15, 0.2) is 30.5 Å². The number of nitrogens with zero attached hydrogens (tertiary/aromatic N) is 2. The van der Waals surface area contributed by atoms with Gasteiger partial charge in [-0.2, -0.15) is 13.2 Å². The highest BCUT2D eigenvalue weighted by Crippen LogP contribution is 2.31. The number of anilines is 1. The first-order chi connectivity index (χ1) is 11.3. The minimum absolute atomic E-state index is 0.0840. The van der Waals surface area contributed by atoms with Crippen LogP contribution in [0.2, 0.25) is 5.02 Å². The Morgan fingerprint density at radius 1 is 1.42 bits per heavy atom. The molecular weight excluding hydrogens is 345 g/mol. The molecule has 1 unspecified atom stereocenters. The van der Waals surface area contributed by atoms with Crippen molar-refractivity contribution in [1.82, 2.24) is 14.9 Å². The Bertz CT molecular complexity index is 759. The SMILES string of the molecule is O=C(Nc1ccccc1Cl)c1cnc2n1C(CC(F)(F)F)CNC2. The van der Waals surface area contributed by atoms with E-state index in [1.807, 2.05) is 0 Å². The van der Waals surface area contributed by atoms with Crippen LogP contribution in [0.25, 0.3) is 0 Å². The summed E-state index contributed by atoms with van der Waals surface area (Å²) in [5, 5.41) is 5.85. The first-order valence-electron chi connectivity index (χ1n) is 7.24. The fraction of sp³-hybridized carbons (Fsp3) is 0.333. The van der Waals surface area contributed by atoms with Gasteiger partial charge in [0.1, 0.15) is 11.5 Å². The van der Waals surface area contributed by atoms with E-state index in [1.54, 1.807) is 24.3 Å². The molecule has 2 N–H and O–H groups in total. The van der Waals surface area contributed by atoms with Crippen molar-refractivity contribution in [3.63, 3.8) is 0 Å². The second-order valence-corrected chi connectivity index (χ2v) is 5.87. The number of fused-ring (bicyclic) bond motifs is 1. The van der Waals surface area contributed by atoms with Crippen LogP contribution in [0, 0.1) is 0 Å². The molecule has 0 bridgehead atoms. The summed E-state index contributed by atoms with van der Waals surface area (Å²) in [5.41, 5.74) is 0.474. The Hall–Kier alpha value is -2.06. The molecule has 1 aromatic heterocycles. The maximum Gasteiger partial charge on any atom is 0.391 e. The van der Waals surface area contributed by atoms with Gasteiger partial charge < -0.3 is 15.2 Å². The van der Waals surface area contributed by atoms with Gasteiger partial charge in [0.05, 0.1) is 35.9 Å². The second-order valence-electron chi connectivity index (χ2n) is 5.47. The fourth-order valence-electron chi connectivity index (χ4n) is 2.73. The second kappa shape index (κ2) is 6.45. The largest absolute Gasteiger partial charge is 0.391 e. The van der Waals surface area contributed by atoms with Crippen molar-refractivity contribution in [2.45, 2.75) is 25.2 Å². The van der Waals surface area contributed by atoms with E-state index in [-0.39, 0.29) is 12.2 Å². The van der Waals surface area contributed by atoms with Gasteiger partial charge in [-0.1, -0.05) is 23.7 Å². The fourth-order valence-corrected chi connectivity index (χ4v) is 2.91. The Morgan fingerprint density at radius 2 is 2.17 bits per heavy atom. The molecule has 24 heavy (non-hydrogen) atoms. The lowest BCUT2D eigenvalue weighted by molar-refractivity contribution is -0.143. The summed E-state index contributed by atoms with van der Waals surface area (Å²) >= 11 is 5.99. The molecule has 2 aromatic rings. The summed E-state index contributed by atoms with van der Waals surface area (Å²) < 4.78 is 39.7. The number of imidazole rings is 1. The lowest BCUT2D eigenvalue weighted by Crippen LogP contribution is -2.37. The summed E-state index contributed by atoms with van der Waals surface area (Å²) in [6.07, 6.45) is -4.07. The van der Waals surface area contributed by atoms with E-state index in [9.17, 15) is 18.0 Å². The Balaban J connectivity index is 1.88. The monoisotopic (exact) mass is 358 g/mol. The number of rotatable bonds is 3. The molecule has 0 spiro atoms. The summed E-state index contributed by atoms with van der Waals surface area (Å²) in [7, 11) is 0. The van der Waals surface area contributed by atoms with Crippen molar-refractivity contribution in [2.24, 2.45) is 0 Å². The summed E-state index contributed by atoms with van der Waals surface area (Å²) in [6, 6.07) is 5.72. The number of hydrogen-bond donors (Lipinski definition) is 2.